The second-order valence-electron chi connectivity index (χ2n) is 4.44. The van der Waals surface area contributed by atoms with E-state index in [0.29, 0.717) is 19.6 Å². The predicted molar refractivity (Wildman–Crippen MR) is 72.2 cm³/mol. The zero-order chi connectivity index (χ0) is 15.1. The Morgan fingerprint density at radius 3 is 2.80 bits per heavy atom. The van der Waals surface area contributed by atoms with Crippen molar-refractivity contribution >= 4 is 0 Å². The zero-order valence-corrected chi connectivity index (χ0v) is 11.6. The Balaban J connectivity index is 2.92. The SMILES string of the molecule is C=CCOCC[C@H](OC(C)C)n1cc(F)c(=O)[nH]c1=O. The van der Waals surface area contributed by atoms with Crippen molar-refractivity contribution in [2.24, 2.45) is 0 Å². The number of rotatable bonds is 8. The summed E-state index contributed by atoms with van der Waals surface area (Å²) in [6, 6.07) is 0. The van der Waals surface area contributed by atoms with Crippen molar-refractivity contribution < 1.29 is 13.9 Å². The van der Waals surface area contributed by atoms with Crippen LogP contribution in [0.4, 0.5) is 4.39 Å². The van der Waals surface area contributed by atoms with Gasteiger partial charge < -0.3 is 9.47 Å². The highest BCUT2D eigenvalue weighted by Gasteiger charge is 2.16. The van der Waals surface area contributed by atoms with Gasteiger partial charge in [0.25, 0.3) is 5.56 Å². The maximum atomic E-state index is 13.3. The summed E-state index contributed by atoms with van der Waals surface area (Å²) in [4.78, 5) is 24.6. The van der Waals surface area contributed by atoms with E-state index in [2.05, 4.69) is 6.58 Å². The van der Waals surface area contributed by atoms with Crippen molar-refractivity contribution in [1.29, 1.82) is 0 Å². The standard InChI is InChI=1S/C13H19FN2O4/c1-4-6-19-7-5-11(20-9(2)3)16-8-10(14)12(17)15-13(16)18/h4,8-9,11H,1,5-7H2,2-3H3,(H,15,17,18)/t11-/m0/s1. The van der Waals surface area contributed by atoms with Crippen LogP contribution in [0.3, 0.4) is 0 Å². The molecule has 0 saturated heterocycles. The number of aromatic nitrogens is 2. The molecule has 6 nitrogen and oxygen atoms in total. The molecule has 0 aliphatic carbocycles. The Morgan fingerprint density at radius 2 is 2.20 bits per heavy atom. The van der Waals surface area contributed by atoms with E-state index in [1.807, 2.05) is 4.98 Å². The van der Waals surface area contributed by atoms with Crippen molar-refractivity contribution in [3.05, 3.63) is 45.5 Å². The molecule has 7 heteroatoms. The molecule has 0 aliphatic heterocycles. The third kappa shape index (κ3) is 4.75. The summed E-state index contributed by atoms with van der Waals surface area (Å²) in [6.07, 6.45) is 1.92. The minimum Gasteiger partial charge on any atom is -0.377 e. The lowest BCUT2D eigenvalue weighted by Gasteiger charge is -2.22. The van der Waals surface area contributed by atoms with Gasteiger partial charge in [-0.1, -0.05) is 6.08 Å². The van der Waals surface area contributed by atoms with Crippen LogP contribution >= 0.6 is 0 Å². The minimum absolute atomic E-state index is 0.165. The highest BCUT2D eigenvalue weighted by Crippen LogP contribution is 2.13. The van der Waals surface area contributed by atoms with Gasteiger partial charge >= 0.3 is 5.69 Å². The average Bonchev–Trinajstić information content (AvgIpc) is 2.37. The molecular weight excluding hydrogens is 267 g/mol. The van der Waals surface area contributed by atoms with Crippen molar-refractivity contribution in [3.8, 4) is 0 Å². The number of aromatic amines is 1. The van der Waals surface area contributed by atoms with Crippen molar-refractivity contribution in [3.63, 3.8) is 0 Å². The van der Waals surface area contributed by atoms with Gasteiger partial charge in [-0.05, 0) is 13.8 Å². The molecule has 0 unspecified atom stereocenters. The maximum Gasteiger partial charge on any atom is 0.330 e. The van der Waals surface area contributed by atoms with E-state index in [1.54, 1.807) is 19.9 Å². The van der Waals surface area contributed by atoms with Gasteiger partial charge in [-0.3, -0.25) is 14.3 Å². The van der Waals surface area contributed by atoms with E-state index in [-0.39, 0.29) is 6.10 Å². The maximum absolute atomic E-state index is 13.3. The Morgan fingerprint density at radius 1 is 1.50 bits per heavy atom. The molecular formula is C13H19FN2O4. The van der Waals surface area contributed by atoms with E-state index < -0.39 is 23.3 Å². The van der Waals surface area contributed by atoms with Crippen LogP contribution < -0.4 is 11.2 Å². The number of ether oxygens (including phenoxy) is 2. The molecule has 0 radical (unpaired) electrons. The van der Waals surface area contributed by atoms with Crippen LogP contribution in [0.1, 0.15) is 26.5 Å². The summed E-state index contributed by atoms with van der Waals surface area (Å²) >= 11 is 0. The van der Waals surface area contributed by atoms with Gasteiger partial charge in [0.15, 0.2) is 0 Å². The monoisotopic (exact) mass is 286 g/mol. The Kier molecular flexibility index (Phi) is 6.33. The number of hydrogen-bond acceptors (Lipinski definition) is 4. The second kappa shape index (κ2) is 7.76. The Bertz CT molecular complexity index is 550. The quantitative estimate of drug-likeness (QED) is 0.575. The van der Waals surface area contributed by atoms with E-state index in [0.717, 1.165) is 10.8 Å². The van der Waals surface area contributed by atoms with Crippen LogP contribution in [-0.2, 0) is 9.47 Å². The molecule has 1 N–H and O–H groups in total. The molecule has 112 valence electrons. The van der Waals surface area contributed by atoms with Crippen LogP contribution in [0, 0.1) is 5.82 Å². The fourth-order valence-electron chi connectivity index (χ4n) is 1.61. The van der Waals surface area contributed by atoms with Gasteiger partial charge in [-0.25, -0.2) is 4.79 Å². The fourth-order valence-corrected chi connectivity index (χ4v) is 1.61. The summed E-state index contributed by atoms with van der Waals surface area (Å²) in [6.45, 7) is 7.81. The molecule has 0 bridgehead atoms. The van der Waals surface area contributed by atoms with Crippen LogP contribution in [0.5, 0.6) is 0 Å². The summed E-state index contributed by atoms with van der Waals surface area (Å²) in [5.41, 5.74) is -1.76. The first-order valence-corrected chi connectivity index (χ1v) is 6.30. The Labute approximate surface area is 115 Å². The molecule has 0 amide bonds. The van der Waals surface area contributed by atoms with Gasteiger partial charge in [0.1, 0.15) is 6.23 Å². The van der Waals surface area contributed by atoms with Crippen molar-refractivity contribution in [1.82, 2.24) is 9.55 Å². The van der Waals surface area contributed by atoms with E-state index >= 15 is 0 Å². The van der Waals surface area contributed by atoms with E-state index in [1.165, 1.54) is 0 Å². The van der Waals surface area contributed by atoms with Gasteiger partial charge in [-0.15, -0.1) is 6.58 Å². The van der Waals surface area contributed by atoms with Crippen LogP contribution in [-0.4, -0.2) is 28.9 Å². The largest absolute Gasteiger partial charge is 0.377 e. The van der Waals surface area contributed by atoms with Gasteiger partial charge in [-0.2, -0.15) is 4.39 Å². The molecule has 1 aromatic rings. The fraction of sp³-hybridized carbons (Fsp3) is 0.538. The summed E-state index contributed by atoms with van der Waals surface area (Å²) in [5, 5.41) is 0. The summed E-state index contributed by atoms with van der Waals surface area (Å²) in [5.74, 6) is -1.03. The first-order chi connectivity index (χ1) is 9.45. The molecule has 0 fully saturated rings. The molecule has 0 spiro atoms. The molecule has 0 aliphatic rings. The van der Waals surface area contributed by atoms with Crippen LogP contribution in [0.25, 0.3) is 0 Å². The molecule has 1 aromatic heterocycles. The Hall–Kier alpha value is -1.73. The average molecular weight is 286 g/mol. The predicted octanol–water partition coefficient (Wildman–Crippen LogP) is 1.19. The molecule has 1 heterocycles. The van der Waals surface area contributed by atoms with Gasteiger partial charge in [0.05, 0.1) is 25.5 Å². The minimum atomic E-state index is -1.04. The molecule has 1 rings (SSSR count). The number of nitrogens with zero attached hydrogens (tertiary/aromatic N) is 1. The summed E-state index contributed by atoms with van der Waals surface area (Å²) in [7, 11) is 0. The highest BCUT2D eigenvalue weighted by molar-refractivity contribution is 4.88. The van der Waals surface area contributed by atoms with Crippen LogP contribution in [0.2, 0.25) is 0 Å². The third-order valence-corrected chi connectivity index (χ3v) is 2.41. The number of H-pyrrole nitrogens is 1. The lowest BCUT2D eigenvalue weighted by Crippen LogP contribution is -2.35. The van der Waals surface area contributed by atoms with Crippen molar-refractivity contribution in [2.75, 3.05) is 13.2 Å². The van der Waals surface area contributed by atoms with E-state index in [9.17, 15) is 14.0 Å². The molecule has 0 aromatic carbocycles. The van der Waals surface area contributed by atoms with Crippen molar-refractivity contribution in [2.45, 2.75) is 32.6 Å². The number of hydrogen-bond donors (Lipinski definition) is 1. The third-order valence-electron chi connectivity index (χ3n) is 2.41. The number of halogens is 1. The second-order valence-corrected chi connectivity index (χ2v) is 4.44. The lowest BCUT2D eigenvalue weighted by atomic mass is 10.3. The summed E-state index contributed by atoms with van der Waals surface area (Å²) < 4.78 is 25.1. The van der Waals surface area contributed by atoms with Crippen LogP contribution in [0.15, 0.2) is 28.4 Å². The molecule has 0 saturated carbocycles. The molecule has 20 heavy (non-hydrogen) atoms. The normalized spacial score (nSPS) is 12.6. The first-order valence-electron chi connectivity index (χ1n) is 6.30. The van der Waals surface area contributed by atoms with Gasteiger partial charge in [0.2, 0.25) is 5.82 Å². The first kappa shape index (κ1) is 16.3. The number of nitrogens with one attached hydrogen (secondary N) is 1. The highest BCUT2D eigenvalue weighted by atomic mass is 19.1. The van der Waals surface area contributed by atoms with E-state index in [4.69, 9.17) is 9.47 Å². The smallest absolute Gasteiger partial charge is 0.330 e. The lowest BCUT2D eigenvalue weighted by molar-refractivity contribution is -0.0567. The van der Waals surface area contributed by atoms with Gasteiger partial charge in [0, 0.05) is 6.42 Å². The topological polar surface area (TPSA) is 73.3 Å². The zero-order valence-electron chi connectivity index (χ0n) is 11.6. The molecule has 1 atom stereocenters.